The number of rotatable bonds is 11. The Balaban J connectivity index is 3.07. The number of aliphatic hydroxyl groups excluding tert-OH is 2. The molecule has 0 bridgehead atoms. The summed E-state index contributed by atoms with van der Waals surface area (Å²) < 4.78 is 5.25. The predicted octanol–water partition coefficient (Wildman–Crippen LogP) is 1.88. The van der Waals surface area contributed by atoms with Crippen molar-refractivity contribution in [3.05, 3.63) is 12.7 Å². The van der Waals surface area contributed by atoms with E-state index in [1.54, 1.807) is 0 Å². The largest absolute Gasteiger partial charge is 0.394 e. The lowest BCUT2D eigenvalue weighted by Gasteiger charge is -2.11. The monoisotopic (exact) mass is 216 g/mol. The van der Waals surface area contributed by atoms with E-state index in [0.29, 0.717) is 6.61 Å². The highest BCUT2D eigenvalue weighted by molar-refractivity contribution is 4.65. The average molecular weight is 216 g/mol. The minimum atomic E-state index is -0.397. The molecular formula is C12H24O3. The second-order valence-corrected chi connectivity index (χ2v) is 3.70. The van der Waals surface area contributed by atoms with Gasteiger partial charge in [-0.05, 0) is 19.3 Å². The van der Waals surface area contributed by atoms with Crippen molar-refractivity contribution in [3.8, 4) is 0 Å². The number of allylic oxidation sites excluding steroid dienone is 1. The van der Waals surface area contributed by atoms with E-state index in [1.165, 1.54) is 19.3 Å². The summed E-state index contributed by atoms with van der Waals surface area (Å²) in [5.74, 6) is 0. The third-order valence-electron chi connectivity index (χ3n) is 2.31. The zero-order valence-corrected chi connectivity index (χ0v) is 9.53. The van der Waals surface area contributed by atoms with Gasteiger partial charge in [-0.25, -0.2) is 0 Å². The predicted molar refractivity (Wildman–Crippen MR) is 61.8 cm³/mol. The second kappa shape index (κ2) is 11.7. The van der Waals surface area contributed by atoms with E-state index in [-0.39, 0.29) is 13.2 Å². The van der Waals surface area contributed by atoms with Crippen LogP contribution in [0, 0.1) is 0 Å². The van der Waals surface area contributed by atoms with Gasteiger partial charge in [-0.1, -0.05) is 25.3 Å². The number of hydrogen-bond acceptors (Lipinski definition) is 3. The average Bonchev–Trinajstić information content (AvgIpc) is 2.27. The number of hydrogen-bond donors (Lipinski definition) is 2. The van der Waals surface area contributed by atoms with E-state index in [4.69, 9.17) is 14.9 Å². The molecule has 0 rings (SSSR count). The molecule has 0 heterocycles. The van der Waals surface area contributed by atoms with Gasteiger partial charge >= 0.3 is 0 Å². The minimum Gasteiger partial charge on any atom is -0.394 e. The van der Waals surface area contributed by atoms with Crippen LogP contribution in [-0.2, 0) is 4.74 Å². The molecule has 0 aliphatic carbocycles. The summed E-state index contributed by atoms with van der Waals surface area (Å²) in [6.45, 7) is 4.11. The maximum atomic E-state index is 8.73. The van der Waals surface area contributed by atoms with E-state index in [9.17, 15) is 0 Å². The Morgan fingerprint density at radius 1 is 1.00 bits per heavy atom. The Morgan fingerprint density at radius 2 is 1.60 bits per heavy atom. The van der Waals surface area contributed by atoms with E-state index in [2.05, 4.69) is 6.58 Å². The van der Waals surface area contributed by atoms with Crippen LogP contribution < -0.4 is 0 Å². The highest BCUT2D eigenvalue weighted by Gasteiger charge is 2.04. The molecule has 3 nitrogen and oxygen atoms in total. The first-order valence-corrected chi connectivity index (χ1v) is 5.79. The van der Waals surface area contributed by atoms with E-state index < -0.39 is 6.10 Å². The molecule has 0 aliphatic heterocycles. The third-order valence-corrected chi connectivity index (χ3v) is 2.31. The van der Waals surface area contributed by atoms with Gasteiger partial charge in [0, 0.05) is 6.61 Å². The first kappa shape index (κ1) is 14.6. The molecule has 3 heteroatoms. The van der Waals surface area contributed by atoms with Gasteiger partial charge in [0.2, 0.25) is 0 Å². The van der Waals surface area contributed by atoms with Crippen molar-refractivity contribution in [3.63, 3.8) is 0 Å². The molecule has 0 saturated heterocycles. The fourth-order valence-electron chi connectivity index (χ4n) is 1.33. The van der Waals surface area contributed by atoms with Crippen LogP contribution in [0.1, 0.15) is 38.5 Å². The summed E-state index contributed by atoms with van der Waals surface area (Å²) >= 11 is 0. The van der Waals surface area contributed by atoms with Crippen LogP contribution in [0.2, 0.25) is 0 Å². The van der Waals surface area contributed by atoms with Crippen LogP contribution in [0.3, 0.4) is 0 Å². The molecule has 0 saturated carbocycles. The van der Waals surface area contributed by atoms with Gasteiger partial charge in [-0.3, -0.25) is 0 Å². The van der Waals surface area contributed by atoms with Crippen molar-refractivity contribution in [1.29, 1.82) is 0 Å². The van der Waals surface area contributed by atoms with Crippen LogP contribution in [0.25, 0.3) is 0 Å². The van der Waals surface area contributed by atoms with Crippen molar-refractivity contribution in [2.45, 2.75) is 44.6 Å². The highest BCUT2D eigenvalue weighted by Crippen LogP contribution is 2.06. The lowest BCUT2D eigenvalue weighted by Crippen LogP contribution is -2.22. The Morgan fingerprint density at radius 3 is 2.20 bits per heavy atom. The van der Waals surface area contributed by atoms with Crippen LogP contribution in [0.15, 0.2) is 12.7 Å². The first-order chi connectivity index (χ1) is 7.35. The molecule has 0 aromatic rings. The van der Waals surface area contributed by atoms with Gasteiger partial charge in [-0.2, -0.15) is 0 Å². The van der Waals surface area contributed by atoms with Crippen LogP contribution in [0.5, 0.6) is 0 Å². The number of ether oxygens (including phenoxy) is 1. The summed E-state index contributed by atoms with van der Waals surface area (Å²) in [5, 5.41) is 17.5. The summed E-state index contributed by atoms with van der Waals surface area (Å²) in [5.41, 5.74) is 0. The molecule has 0 spiro atoms. The lowest BCUT2D eigenvalue weighted by molar-refractivity contribution is -0.0208. The van der Waals surface area contributed by atoms with Crippen molar-refractivity contribution in [2.75, 3.05) is 19.8 Å². The van der Waals surface area contributed by atoms with Crippen molar-refractivity contribution in [1.82, 2.24) is 0 Å². The molecule has 0 aliphatic rings. The number of unbranched alkanes of at least 4 members (excludes halogenated alkanes) is 5. The summed E-state index contributed by atoms with van der Waals surface area (Å²) in [6.07, 6.45) is 8.51. The van der Waals surface area contributed by atoms with Gasteiger partial charge in [0.15, 0.2) is 0 Å². The Hall–Kier alpha value is -0.380. The molecule has 0 aromatic carbocycles. The first-order valence-electron chi connectivity index (χ1n) is 5.79. The van der Waals surface area contributed by atoms with Gasteiger partial charge in [-0.15, -0.1) is 6.58 Å². The molecular weight excluding hydrogens is 192 g/mol. The van der Waals surface area contributed by atoms with Gasteiger partial charge in [0.25, 0.3) is 0 Å². The highest BCUT2D eigenvalue weighted by atomic mass is 16.5. The van der Waals surface area contributed by atoms with E-state index in [1.807, 2.05) is 6.08 Å². The number of aliphatic hydroxyl groups is 2. The van der Waals surface area contributed by atoms with Crippen LogP contribution in [-0.4, -0.2) is 36.1 Å². The molecule has 90 valence electrons. The summed E-state index contributed by atoms with van der Waals surface area (Å²) in [4.78, 5) is 0. The van der Waals surface area contributed by atoms with E-state index >= 15 is 0 Å². The maximum Gasteiger partial charge on any atom is 0.104 e. The maximum absolute atomic E-state index is 8.73. The van der Waals surface area contributed by atoms with E-state index in [0.717, 1.165) is 19.3 Å². The summed E-state index contributed by atoms with van der Waals surface area (Å²) in [7, 11) is 0. The lowest BCUT2D eigenvalue weighted by atomic mass is 10.1. The molecule has 0 unspecified atom stereocenters. The third kappa shape index (κ3) is 9.91. The normalized spacial score (nSPS) is 10.9. The molecule has 0 aromatic heterocycles. The van der Waals surface area contributed by atoms with Gasteiger partial charge in [0.1, 0.15) is 6.10 Å². The summed E-state index contributed by atoms with van der Waals surface area (Å²) in [6, 6.07) is 0. The molecule has 2 N–H and O–H groups in total. The van der Waals surface area contributed by atoms with Crippen molar-refractivity contribution < 1.29 is 14.9 Å². The Kier molecular flexibility index (Phi) is 11.4. The minimum absolute atomic E-state index is 0.101. The zero-order chi connectivity index (χ0) is 11.4. The van der Waals surface area contributed by atoms with Crippen molar-refractivity contribution in [2.24, 2.45) is 0 Å². The quantitative estimate of drug-likeness (QED) is 0.409. The van der Waals surface area contributed by atoms with Gasteiger partial charge < -0.3 is 14.9 Å². The molecule has 0 radical (unpaired) electrons. The van der Waals surface area contributed by atoms with Crippen molar-refractivity contribution >= 4 is 0 Å². The van der Waals surface area contributed by atoms with Crippen LogP contribution >= 0.6 is 0 Å². The Labute approximate surface area is 92.8 Å². The second-order valence-electron chi connectivity index (χ2n) is 3.70. The molecule has 0 amide bonds. The standard InChI is InChI=1S/C12H24O3/c1-2-3-4-5-6-7-8-9-15-12(10-13)11-14/h2,12-14H,1,3-11H2. The SMILES string of the molecule is C=CCCCCCCCOC(CO)CO. The Bertz CT molecular complexity index is 133. The molecule has 0 fully saturated rings. The smallest absolute Gasteiger partial charge is 0.104 e. The van der Waals surface area contributed by atoms with Crippen LogP contribution in [0.4, 0.5) is 0 Å². The molecule has 0 atom stereocenters. The fraction of sp³-hybridized carbons (Fsp3) is 0.833. The topological polar surface area (TPSA) is 49.7 Å². The molecule has 15 heavy (non-hydrogen) atoms. The van der Waals surface area contributed by atoms with Gasteiger partial charge in [0.05, 0.1) is 13.2 Å². The fourth-order valence-corrected chi connectivity index (χ4v) is 1.33. The zero-order valence-electron chi connectivity index (χ0n) is 9.53.